The minimum Gasteiger partial charge on any atom is -0.251 e. The molecule has 1 fully saturated rings. The van der Waals surface area contributed by atoms with Crippen molar-refractivity contribution in [1.82, 2.24) is 0 Å². The number of aryl methyl sites for hydroxylation is 1. The lowest BCUT2D eigenvalue weighted by atomic mass is 9.78. The molecule has 1 aromatic rings. The molecule has 1 saturated carbocycles. The van der Waals surface area contributed by atoms with Crippen molar-refractivity contribution in [3.05, 3.63) is 34.9 Å². The van der Waals surface area contributed by atoms with Crippen molar-refractivity contribution < 1.29 is 18.9 Å². The minimum absolute atomic E-state index is 0.0396. The highest BCUT2D eigenvalue weighted by atomic mass is 19.2. The molecule has 1 aliphatic rings. The van der Waals surface area contributed by atoms with Crippen molar-refractivity contribution in [3.8, 4) is 0 Å². The van der Waals surface area contributed by atoms with Crippen LogP contribution >= 0.6 is 0 Å². The third kappa shape index (κ3) is 2.95. The summed E-state index contributed by atoms with van der Waals surface area (Å²) in [4.78, 5) is 4.48. The molecule has 0 amide bonds. The zero-order valence-electron chi connectivity index (χ0n) is 11.3. The third-order valence-corrected chi connectivity index (χ3v) is 4.21. The fourth-order valence-electron chi connectivity index (χ4n) is 2.87. The van der Waals surface area contributed by atoms with Crippen molar-refractivity contribution in [2.45, 2.75) is 45.6 Å². The minimum atomic E-state index is -0.905. The van der Waals surface area contributed by atoms with E-state index in [2.05, 4.69) is 11.8 Å². The molecule has 0 saturated heterocycles. The van der Waals surface area contributed by atoms with E-state index < -0.39 is 17.7 Å². The quantitative estimate of drug-likeness (QED) is 0.641. The van der Waals surface area contributed by atoms with Gasteiger partial charge in [0.05, 0.1) is 0 Å². The van der Waals surface area contributed by atoms with Gasteiger partial charge in [0.2, 0.25) is 0 Å². The fourth-order valence-corrected chi connectivity index (χ4v) is 2.87. The fraction of sp³-hybridized carbons (Fsp3) is 0.600. The first-order valence-corrected chi connectivity index (χ1v) is 6.79. The molecule has 0 aromatic heterocycles. The van der Waals surface area contributed by atoms with E-state index in [1.54, 1.807) is 0 Å². The molecule has 0 heterocycles. The van der Waals surface area contributed by atoms with Crippen LogP contribution in [0, 0.1) is 30.4 Å². The van der Waals surface area contributed by atoms with Gasteiger partial charge in [-0.1, -0.05) is 31.9 Å². The van der Waals surface area contributed by atoms with Crippen LogP contribution in [0.3, 0.4) is 0 Å². The smallest absolute Gasteiger partial charge is 0.165 e. The lowest BCUT2D eigenvalue weighted by Gasteiger charge is -2.31. The first kappa shape index (κ1) is 14.4. The second-order valence-electron chi connectivity index (χ2n) is 5.65. The van der Waals surface area contributed by atoms with Crippen LogP contribution in [0.5, 0.6) is 0 Å². The second-order valence-corrected chi connectivity index (χ2v) is 5.65. The highest BCUT2D eigenvalue weighted by molar-refractivity contribution is 5.27. The summed E-state index contributed by atoms with van der Waals surface area (Å²) in [6.45, 7) is 3.69. The summed E-state index contributed by atoms with van der Waals surface area (Å²) in [7, 11) is 0. The Kier molecular flexibility index (Phi) is 4.53. The van der Waals surface area contributed by atoms with Crippen LogP contribution in [-0.2, 0) is 4.89 Å². The zero-order valence-corrected chi connectivity index (χ0v) is 11.3. The molecule has 106 valence electrons. The molecule has 0 spiro atoms. The van der Waals surface area contributed by atoms with Gasteiger partial charge >= 0.3 is 0 Å². The van der Waals surface area contributed by atoms with E-state index >= 15 is 0 Å². The number of hydrogen-bond donors (Lipinski definition) is 1. The second kappa shape index (κ2) is 5.97. The van der Waals surface area contributed by atoms with Gasteiger partial charge in [0.1, 0.15) is 6.10 Å². The van der Waals surface area contributed by atoms with Crippen LogP contribution in [0.15, 0.2) is 12.1 Å². The van der Waals surface area contributed by atoms with E-state index in [-0.39, 0.29) is 17.0 Å². The third-order valence-electron chi connectivity index (χ3n) is 4.21. The summed E-state index contributed by atoms with van der Waals surface area (Å²) in [5, 5.41) is 9.09. The summed E-state index contributed by atoms with van der Waals surface area (Å²) in [5.74, 6) is -1.07. The van der Waals surface area contributed by atoms with Gasteiger partial charge in [0, 0.05) is 5.56 Å². The number of rotatable bonds is 3. The predicted octanol–water partition coefficient (Wildman–Crippen LogP) is 4.63. The molecular formula is C15H20F2O2. The number of hydrogen-bond acceptors (Lipinski definition) is 2. The SMILES string of the molecule is Cc1ccc(C(OO)C2CCC(C)CC2)c(F)c1F. The highest BCUT2D eigenvalue weighted by Crippen LogP contribution is 2.39. The monoisotopic (exact) mass is 270 g/mol. The van der Waals surface area contributed by atoms with Gasteiger partial charge < -0.3 is 0 Å². The molecule has 0 bridgehead atoms. The van der Waals surface area contributed by atoms with Crippen LogP contribution in [0.2, 0.25) is 0 Å². The summed E-state index contributed by atoms with van der Waals surface area (Å²) < 4.78 is 27.6. The number of benzene rings is 1. The Morgan fingerprint density at radius 1 is 1.16 bits per heavy atom. The average molecular weight is 270 g/mol. The molecule has 2 rings (SSSR count). The Bertz CT molecular complexity index is 440. The highest BCUT2D eigenvalue weighted by Gasteiger charge is 2.31. The molecule has 0 radical (unpaired) electrons. The van der Waals surface area contributed by atoms with Gasteiger partial charge in [-0.2, -0.15) is 0 Å². The molecule has 19 heavy (non-hydrogen) atoms. The van der Waals surface area contributed by atoms with Gasteiger partial charge in [0.15, 0.2) is 11.6 Å². The average Bonchev–Trinajstić information content (AvgIpc) is 2.41. The maximum Gasteiger partial charge on any atom is 0.165 e. The van der Waals surface area contributed by atoms with E-state index in [4.69, 9.17) is 5.26 Å². The molecule has 0 aliphatic heterocycles. The van der Waals surface area contributed by atoms with Crippen LogP contribution in [0.25, 0.3) is 0 Å². The molecular weight excluding hydrogens is 250 g/mol. The van der Waals surface area contributed by atoms with Crippen LogP contribution in [0.1, 0.15) is 49.8 Å². The van der Waals surface area contributed by atoms with Gasteiger partial charge in [0.25, 0.3) is 0 Å². The van der Waals surface area contributed by atoms with E-state index in [0.717, 1.165) is 25.7 Å². The van der Waals surface area contributed by atoms with Crippen molar-refractivity contribution in [2.24, 2.45) is 11.8 Å². The van der Waals surface area contributed by atoms with Crippen molar-refractivity contribution >= 4 is 0 Å². The first-order chi connectivity index (χ1) is 9.04. The van der Waals surface area contributed by atoms with E-state index in [1.165, 1.54) is 19.1 Å². The topological polar surface area (TPSA) is 29.5 Å². The summed E-state index contributed by atoms with van der Waals surface area (Å²) in [6, 6.07) is 3.03. The van der Waals surface area contributed by atoms with Gasteiger partial charge in [-0.05, 0) is 37.2 Å². The van der Waals surface area contributed by atoms with E-state index in [9.17, 15) is 8.78 Å². The normalized spacial score (nSPS) is 25.3. The molecule has 1 unspecified atom stereocenters. The lowest BCUT2D eigenvalue weighted by molar-refractivity contribution is -0.296. The maximum absolute atomic E-state index is 14.0. The zero-order chi connectivity index (χ0) is 14.0. The van der Waals surface area contributed by atoms with E-state index in [0.29, 0.717) is 5.92 Å². The molecule has 1 N–H and O–H groups in total. The van der Waals surface area contributed by atoms with Gasteiger partial charge in [-0.15, -0.1) is 0 Å². The Morgan fingerprint density at radius 2 is 1.79 bits per heavy atom. The summed E-state index contributed by atoms with van der Waals surface area (Å²) >= 11 is 0. The predicted molar refractivity (Wildman–Crippen MR) is 68.7 cm³/mol. The molecule has 1 atom stereocenters. The van der Waals surface area contributed by atoms with Crippen LogP contribution < -0.4 is 0 Å². The molecule has 4 heteroatoms. The summed E-state index contributed by atoms with van der Waals surface area (Å²) in [5.41, 5.74) is 0.375. The summed E-state index contributed by atoms with van der Waals surface area (Å²) in [6.07, 6.45) is 3.01. The van der Waals surface area contributed by atoms with Crippen molar-refractivity contribution in [2.75, 3.05) is 0 Å². The van der Waals surface area contributed by atoms with Gasteiger partial charge in [-0.25, -0.2) is 13.7 Å². The van der Waals surface area contributed by atoms with Gasteiger partial charge in [-0.3, -0.25) is 5.26 Å². The van der Waals surface area contributed by atoms with E-state index in [1.807, 2.05) is 0 Å². The number of halogens is 2. The first-order valence-electron chi connectivity index (χ1n) is 6.79. The Labute approximate surface area is 112 Å². The lowest BCUT2D eigenvalue weighted by Crippen LogP contribution is -2.22. The Morgan fingerprint density at radius 3 is 2.37 bits per heavy atom. The maximum atomic E-state index is 14.0. The standard InChI is InChI=1S/C15H20F2O2/c1-9-3-6-11(7-4-9)15(19-18)12-8-5-10(2)13(16)14(12)17/h5,8-9,11,15,18H,3-4,6-7H2,1-2H3. The van der Waals surface area contributed by atoms with Crippen LogP contribution in [-0.4, -0.2) is 5.26 Å². The Balaban J connectivity index is 2.25. The van der Waals surface area contributed by atoms with Crippen molar-refractivity contribution in [1.29, 1.82) is 0 Å². The largest absolute Gasteiger partial charge is 0.251 e. The van der Waals surface area contributed by atoms with Crippen molar-refractivity contribution in [3.63, 3.8) is 0 Å². The molecule has 2 nitrogen and oxygen atoms in total. The van der Waals surface area contributed by atoms with Crippen LogP contribution in [0.4, 0.5) is 8.78 Å². The molecule has 1 aliphatic carbocycles. The Hall–Kier alpha value is -1.00. The molecule has 1 aromatic carbocycles.